The first-order valence-corrected chi connectivity index (χ1v) is 6.41. The average molecular weight is 248 g/mol. The highest BCUT2D eigenvalue weighted by atomic mass is 16.3. The van der Waals surface area contributed by atoms with Gasteiger partial charge in [0.05, 0.1) is 0 Å². The molecule has 0 aliphatic carbocycles. The minimum absolute atomic E-state index is 0.262. The molecule has 2 rings (SSSR count). The summed E-state index contributed by atoms with van der Waals surface area (Å²) < 4.78 is 0. The molecular formula is C14H20N2O2. The van der Waals surface area contributed by atoms with Gasteiger partial charge in [-0.05, 0) is 43.0 Å². The quantitative estimate of drug-likeness (QED) is 0.835. The number of aliphatic hydroxyl groups excluding tert-OH is 1. The fourth-order valence-electron chi connectivity index (χ4n) is 2.53. The van der Waals surface area contributed by atoms with Crippen molar-refractivity contribution in [3.8, 4) is 0 Å². The second-order valence-corrected chi connectivity index (χ2v) is 4.99. The molecule has 18 heavy (non-hydrogen) atoms. The number of hydrogen-bond donors (Lipinski definition) is 2. The maximum Gasteiger partial charge on any atom is 0.248 e. The summed E-state index contributed by atoms with van der Waals surface area (Å²) in [5, 5.41) is 9.20. The van der Waals surface area contributed by atoms with Crippen LogP contribution in [0.5, 0.6) is 0 Å². The average Bonchev–Trinajstić information content (AvgIpc) is 2.39. The molecule has 4 nitrogen and oxygen atoms in total. The predicted molar refractivity (Wildman–Crippen MR) is 70.0 cm³/mol. The molecule has 1 aromatic rings. The highest BCUT2D eigenvalue weighted by Crippen LogP contribution is 2.18. The summed E-state index contributed by atoms with van der Waals surface area (Å²) in [6, 6.07) is 7.46. The van der Waals surface area contributed by atoms with Crippen LogP contribution in [0.1, 0.15) is 28.8 Å². The second-order valence-electron chi connectivity index (χ2n) is 4.99. The van der Waals surface area contributed by atoms with E-state index in [1.165, 1.54) is 0 Å². The van der Waals surface area contributed by atoms with E-state index in [0.29, 0.717) is 11.5 Å². The van der Waals surface area contributed by atoms with Gasteiger partial charge in [-0.1, -0.05) is 12.1 Å². The number of hydrogen-bond acceptors (Lipinski definition) is 3. The monoisotopic (exact) mass is 248 g/mol. The van der Waals surface area contributed by atoms with Gasteiger partial charge in [-0.3, -0.25) is 9.69 Å². The van der Waals surface area contributed by atoms with Crippen LogP contribution < -0.4 is 5.73 Å². The van der Waals surface area contributed by atoms with Crippen LogP contribution in [-0.2, 0) is 6.54 Å². The summed E-state index contributed by atoms with van der Waals surface area (Å²) in [6.07, 6.45) is 2.23. The van der Waals surface area contributed by atoms with Crippen LogP contribution in [0.25, 0.3) is 0 Å². The minimum atomic E-state index is -0.385. The van der Waals surface area contributed by atoms with Crippen molar-refractivity contribution in [1.82, 2.24) is 4.90 Å². The van der Waals surface area contributed by atoms with Crippen molar-refractivity contribution >= 4 is 5.91 Å². The van der Waals surface area contributed by atoms with Gasteiger partial charge < -0.3 is 10.8 Å². The molecule has 0 spiro atoms. The Morgan fingerprint density at radius 1 is 1.50 bits per heavy atom. The molecule has 0 radical (unpaired) electrons. The Bertz CT molecular complexity index is 420. The first kappa shape index (κ1) is 13.1. The van der Waals surface area contributed by atoms with Crippen molar-refractivity contribution < 1.29 is 9.90 Å². The number of nitrogens with two attached hydrogens (primary N) is 1. The van der Waals surface area contributed by atoms with E-state index in [4.69, 9.17) is 5.73 Å². The normalized spacial score (nSPS) is 20.8. The van der Waals surface area contributed by atoms with E-state index in [0.717, 1.165) is 38.0 Å². The maximum absolute atomic E-state index is 11.1. The van der Waals surface area contributed by atoms with Crippen LogP contribution in [0.2, 0.25) is 0 Å². The predicted octanol–water partition coefficient (Wildman–Crippen LogP) is 0.990. The van der Waals surface area contributed by atoms with Crippen LogP contribution in [-0.4, -0.2) is 35.6 Å². The van der Waals surface area contributed by atoms with Gasteiger partial charge in [-0.25, -0.2) is 0 Å². The lowest BCUT2D eigenvalue weighted by Crippen LogP contribution is -2.36. The Kier molecular flexibility index (Phi) is 4.33. The van der Waals surface area contributed by atoms with Crippen molar-refractivity contribution in [2.75, 3.05) is 19.7 Å². The van der Waals surface area contributed by atoms with E-state index < -0.39 is 0 Å². The lowest BCUT2D eigenvalue weighted by atomic mass is 9.98. The summed E-state index contributed by atoms with van der Waals surface area (Å²) in [6.45, 7) is 3.06. The molecule has 1 fully saturated rings. The first-order chi connectivity index (χ1) is 8.69. The van der Waals surface area contributed by atoms with Crippen LogP contribution in [0.3, 0.4) is 0 Å². The fourth-order valence-corrected chi connectivity index (χ4v) is 2.53. The third kappa shape index (κ3) is 3.31. The van der Waals surface area contributed by atoms with Gasteiger partial charge in [-0.2, -0.15) is 0 Å². The summed E-state index contributed by atoms with van der Waals surface area (Å²) in [4.78, 5) is 13.4. The number of primary amides is 1. The summed E-state index contributed by atoms with van der Waals surface area (Å²) in [7, 11) is 0. The molecule has 98 valence electrons. The summed E-state index contributed by atoms with van der Waals surface area (Å²) >= 11 is 0. The van der Waals surface area contributed by atoms with Crippen molar-refractivity contribution in [3.05, 3.63) is 35.4 Å². The smallest absolute Gasteiger partial charge is 0.248 e. The van der Waals surface area contributed by atoms with Gasteiger partial charge >= 0.3 is 0 Å². The zero-order chi connectivity index (χ0) is 13.0. The molecular weight excluding hydrogens is 228 g/mol. The van der Waals surface area contributed by atoms with Gasteiger partial charge in [0.15, 0.2) is 0 Å². The van der Waals surface area contributed by atoms with E-state index in [1.807, 2.05) is 18.2 Å². The van der Waals surface area contributed by atoms with Gasteiger partial charge in [0.2, 0.25) is 5.91 Å². The lowest BCUT2D eigenvalue weighted by molar-refractivity contribution is 0.0999. The molecule has 1 aromatic carbocycles. The number of nitrogens with zero attached hydrogens (tertiary/aromatic N) is 1. The highest BCUT2D eigenvalue weighted by Gasteiger charge is 2.19. The largest absolute Gasteiger partial charge is 0.396 e. The third-order valence-electron chi connectivity index (χ3n) is 3.48. The van der Waals surface area contributed by atoms with Gasteiger partial charge in [0.25, 0.3) is 0 Å². The molecule has 0 saturated carbocycles. The Labute approximate surface area is 107 Å². The molecule has 4 heteroatoms. The van der Waals surface area contributed by atoms with Crippen LogP contribution in [0.15, 0.2) is 24.3 Å². The minimum Gasteiger partial charge on any atom is -0.396 e. The number of piperidine rings is 1. The SMILES string of the molecule is NC(=O)c1cccc(CN2CCCC(CO)C2)c1. The molecule has 0 bridgehead atoms. The summed E-state index contributed by atoms with van der Waals surface area (Å²) in [5.41, 5.74) is 6.93. The Morgan fingerprint density at radius 2 is 2.33 bits per heavy atom. The van der Waals surface area contributed by atoms with Gasteiger partial charge in [0.1, 0.15) is 0 Å². The number of aliphatic hydroxyl groups is 1. The summed E-state index contributed by atoms with van der Waals surface area (Å²) in [5.74, 6) is 0.00167. The molecule has 1 atom stereocenters. The second kappa shape index (κ2) is 5.98. The lowest BCUT2D eigenvalue weighted by Gasteiger charge is -2.31. The Balaban J connectivity index is 2.00. The Morgan fingerprint density at radius 3 is 3.06 bits per heavy atom. The first-order valence-electron chi connectivity index (χ1n) is 6.41. The van der Waals surface area contributed by atoms with E-state index in [1.54, 1.807) is 6.07 Å². The number of rotatable bonds is 4. The van der Waals surface area contributed by atoms with Crippen molar-refractivity contribution in [1.29, 1.82) is 0 Å². The van der Waals surface area contributed by atoms with E-state index in [9.17, 15) is 9.90 Å². The highest BCUT2D eigenvalue weighted by molar-refractivity contribution is 5.92. The zero-order valence-corrected chi connectivity index (χ0v) is 10.5. The van der Waals surface area contributed by atoms with Gasteiger partial charge in [-0.15, -0.1) is 0 Å². The van der Waals surface area contributed by atoms with E-state index in [-0.39, 0.29) is 12.5 Å². The number of amides is 1. The number of carbonyl (C=O) groups excluding carboxylic acids is 1. The fraction of sp³-hybridized carbons (Fsp3) is 0.500. The van der Waals surface area contributed by atoms with E-state index >= 15 is 0 Å². The molecule has 3 N–H and O–H groups in total. The van der Waals surface area contributed by atoms with Crippen molar-refractivity contribution in [2.45, 2.75) is 19.4 Å². The topological polar surface area (TPSA) is 66.6 Å². The molecule has 1 saturated heterocycles. The standard InChI is InChI=1S/C14H20N2O2/c15-14(18)13-5-1-3-11(7-13)8-16-6-2-4-12(9-16)10-17/h1,3,5,7,12,17H,2,4,6,8-10H2,(H2,15,18). The van der Waals surface area contributed by atoms with Crippen LogP contribution in [0, 0.1) is 5.92 Å². The molecule has 1 heterocycles. The van der Waals surface area contributed by atoms with Crippen LogP contribution >= 0.6 is 0 Å². The Hall–Kier alpha value is -1.39. The van der Waals surface area contributed by atoms with Crippen molar-refractivity contribution in [3.63, 3.8) is 0 Å². The molecule has 1 amide bonds. The number of likely N-dealkylation sites (tertiary alicyclic amines) is 1. The maximum atomic E-state index is 11.1. The molecule has 0 aromatic heterocycles. The molecule has 1 aliphatic heterocycles. The zero-order valence-electron chi connectivity index (χ0n) is 10.5. The van der Waals surface area contributed by atoms with Gasteiger partial charge in [0, 0.05) is 25.3 Å². The third-order valence-corrected chi connectivity index (χ3v) is 3.48. The van der Waals surface area contributed by atoms with E-state index in [2.05, 4.69) is 4.90 Å². The molecule has 1 unspecified atom stereocenters. The number of carbonyl (C=O) groups is 1. The molecule has 1 aliphatic rings. The number of benzene rings is 1. The van der Waals surface area contributed by atoms with Crippen LogP contribution in [0.4, 0.5) is 0 Å². The van der Waals surface area contributed by atoms with Crippen molar-refractivity contribution in [2.24, 2.45) is 11.7 Å².